The summed E-state index contributed by atoms with van der Waals surface area (Å²) in [5.41, 5.74) is 6.47. The molecule has 19 heavy (non-hydrogen) atoms. The first-order valence-corrected chi connectivity index (χ1v) is 6.87. The third-order valence-electron chi connectivity index (χ3n) is 2.97. The highest BCUT2D eigenvalue weighted by Gasteiger charge is 2.16. The first kappa shape index (κ1) is 13.8. The number of likely N-dealkylation sites (N-methyl/N-ethyl adjacent to an activating group) is 1. The van der Waals surface area contributed by atoms with Crippen LogP contribution < -0.4 is 10.6 Å². The molecule has 0 spiro atoms. The van der Waals surface area contributed by atoms with Crippen molar-refractivity contribution in [3.05, 3.63) is 46.2 Å². The van der Waals surface area contributed by atoms with Crippen molar-refractivity contribution in [1.82, 2.24) is 0 Å². The summed E-state index contributed by atoms with van der Waals surface area (Å²) in [6.07, 6.45) is -1.66. The molecule has 0 aliphatic rings. The Morgan fingerprint density at radius 1 is 1.32 bits per heavy atom. The molecule has 2 nitrogen and oxygen atoms in total. The van der Waals surface area contributed by atoms with E-state index in [2.05, 4.69) is 6.07 Å². The van der Waals surface area contributed by atoms with E-state index in [0.29, 0.717) is 17.9 Å². The van der Waals surface area contributed by atoms with Gasteiger partial charge in [0.05, 0.1) is 0 Å². The minimum atomic E-state index is -2.51. The monoisotopic (exact) mass is 282 g/mol. The average molecular weight is 282 g/mol. The number of hydrogen-bond donors (Lipinski definition) is 1. The lowest BCUT2D eigenvalue weighted by molar-refractivity contribution is 0.152. The summed E-state index contributed by atoms with van der Waals surface area (Å²) in [4.78, 5) is 3.10. The Kier molecular flexibility index (Phi) is 4.37. The first-order valence-electron chi connectivity index (χ1n) is 5.99. The summed E-state index contributed by atoms with van der Waals surface area (Å²) in [5.74, 6) is 0. The summed E-state index contributed by atoms with van der Waals surface area (Å²) >= 11 is 1.68. The van der Waals surface area contributed by atoms with Crippen LogP contribution in [0.5, 0.6) is 0 Å². The van der Waals surface area contributed by atoms with Crippen LogP contribution in [0.4, 0.5) is 20.2 Å². The van der Waals surface area contributed by atoms with Crippen LogP contribution in [0.3, 0.4) is 0 Å². The highest BCUT2D eigenvalue weighted by Crippen LogP contribution is 2.31. The zero-order valence-electron chi connectivity index (χ0n) is 10.6. The number of nitrogens with two attached hydrogens (primary N) is 1. The van der Waals surface area contributed by atoms with Gasteiger partial charge in [0.15, 0.2) is 0 Å². The molecule has 0 amide bonds. The lowest BCUT2D eigenvalue weighted by atomic mass is 10.1. The normalized spacial score (nSPS) is 10.9. The number of anilines is 2. The maximum Gasteiger partial charge on any atom is 0.265 e. The van der Waals surface area contributed by atoms with E-state index >= 15 is 0 Å². The Balaban J connectivity index is 2.12. The third-order valence-corrected chi connectivity index (χ3v) is 3.91. The number of rotatable bonds is 5. The van der Waals surface area contributed by atoms with Crippen LogP contribution in [0.2, 0.25) is 0 Å². The highest BCUT2D eigenvalue weighted by molar-refractivity contribution is 7.09. The van der Waals surface area contributed by atoms with E-state index in [9.17, 15) is 8.78 Å². The summed E-state index contributed by atoms with van der Waals surface area (Å²) in [7, 11) is 1.82. The minimum Gasteiger partial charge on any atom is -0.399 e. The van der Waals surface area contributed by atoms with Crippen molar-refractivity contribution in [3.63, 3.8) is 0 Å². The van der Waals surface area contributed by atoms with Crippen LogP contribution in [-0.2, 0) is 6.42 Å². The number of thiophene rings is 1. The van der Waals surface area contributed by atoms with Crippen LogP contribution in [-0.4, -0.2) is 13.6 Å². The molecule has 2 aromatic rings. The molecule has 0 fully saturated rings. The lowest BCUT2D eigenvalue weighted by Crippen LogP contribution is -2.21. The van der Waals surface area contributed by atoms with E-state index in [1.807, 2.05) is 23.4 Å². The Labute approximate surface area is 115 Å². The molecule has 102 valence electrons. The molecule has 2 rings (SSSR count). The van der Waals surface area contributed by atoms with Crippen molar-refractivity contribution in [2.24, 2.45) is 0 Å². The summed E-state index contributed by atoms with van der Waals surface area (Å²) in [6.45, 7) is 0.699. The van der Waals surface area contributed by atoms with Crippen LogP contribution >= 0.6 is 11.3 Å². The van der Waals surface area contributed by atoms with Crippen LogP contribution in [0.1, 0.15) is 16.9 Å². The summed E-state index contributed by atoms with van der Waals surface area (Å²) < 4.78 is 26.0. The van der Waals surface area contributed by atoms with Crippen LogP contribution in [0.25, 0.3) is 0 Å². The molecular formula is C14H16F2N2S. The summed E-state index contributed by atoms with van der Waals surface area (Å²) in [5, 5.41) is 2.02. The molecule has 0 aliphatic heterocycles. The Morgan fingerprint density at radius 2 is 2.11 bits per heavy atom. The van der Waals surface area contributed by atoms with E-state index < -0.39 is 6.43 Å². The van der Waals surface area contributed by atoms with Gasteiger partial charge in [-0.15, -0.1) is 11.3 Å². The van der Waals surface area contributed by atoms with E-state index in [-0.39, 0.29) is 5.56 Å². The Morgan fingerprint density at radius 3 is 2.74 bits per heavy atom. The molecule has 5 heteroatoms. The van der Waals surface area contributed by atoms with Crippen LogP contribution in [0, 0.1) is 0 Å². The van der Waals surface area contributed by atoms with Gasteiger partial charge in [-0.3, -0.25) is 0 Å². The van der Waals surface area contributed by atoms with Gasteiger partial charge in [-0.05, 0) is 36.1 Å². The van der Waals surface area contributed by atoms with Gasteiger partial charge in [0.25, 0.3) is 6.43 Å². The molecule has 1 aromatic heterocycles. The second-order valence-electron chi connectivity index (χ2n) is 4.37. The Hall–Kier alpha value is -1.62. The van der Waals surface area contributed by atoms with Gasteiger partial charge in [0, 0.05) is 35.4 Å². The molecule has 0 saturated heterocycles. The maximum absolute atomic E-state index is 13.0. The molecule has 0 aliphatic carbocycles. The highest BCUT2D eigenvalue weighted by atomic mass is 32.1. The van der Waals surface area contributed by atoms with Crippen molar-refractivity contribution in [1.29, 1.82) is 0 Å². The van der Waals surface area contributed by atoms with Crippen molar-refractivity contribution in [2.75, 3.05) is 24.2 Å². The molecule has 0 bridgehead atoms. The van der Waals surface area contributed by atoms with Gasteiger partial charge in [-0.1, -0.05) is 6.07 Å². The number of alkyl halides is 2. The molecule has 0 atom stereocenters. The zero-order valence-corrected chi connectivity index (χ0v) is 11.5. The lowest BCUT2D eigenvalue weighted by Gasteiger charge is -2.22. The molecular weight excluding hydrogens is 266 g/mol. The van der Waals surface area contributed by atoms with E-state index in [1.165, 1.54) is 10.9 Å². The van der Waals surface area contributed by atoms with E-state index in [4.69, 9.17) is 5.73 Å². The topological polar surface area (TPSA) is 29.3 Å². The fourth-order valence-corrected chi connectivity index (χ4v) is 2.65. The van der Waals surface area contributed by atoms with Crippen molar-refractivity contribution >= 4 is 22.7 Å². The number of benzene rings is 1. The predicted molar refractivity (Wildman–Crippen MR) is 77.1 cm³/mol. The second-order valence-corrected chi connectivity index (χ2v) is 5.40. The fourth-order valence-electron chi connectivity index (χ4n) is 1.95. The SMILES string of the molecule is CN(CCc1cccs1)c1ccc(N)cc1C(F)F. The van der Waals surface area contributed by atoms with Gasteiger partial charge in [0.1, 0.15) is 0 Å². The van der Waals surface area contributed by atoms with Gasteiger partial charge in [0.2, 0.25) is 0 Å². The van der Waals surface area contributed by atoms with Gasteiger partial charge >= 0.3 is 0 Å². The number of nitrogen functional groups attached to an aromatic ring is 1. The standard InChI is InChI=1S/C14H16F2N2S/c1-18(7-6-11-3-2-8-19-11)13-5-4-10(17)9-12(13)14(15)16/h2-5,8-9,14H,6-7,17H2,1H3. The van der Waals surface area contributed by atoms with Gasteiger partial charge < -0.3 is 10.6 Å². The number of hydrogen-bond acceptors (Lipinski definition) is 3. The largest absolute Gasteiger partial charge is 0.399 e. The van der Waals surface area contributed by atoms with E-state index in [0.717, 1.165) is 6.42 Å². The molecule has 1 heterocycles. The van der Waals surface area contributed by atoms with Crippen molar-refractivity contribution < 1.29 is 8.78 Å². The van der Waals surface area contributed by atoms with E-state index in [1.54, 1.807) is 23.5 Å². The van der Waals surface area contributed by atoms with Gasteiger partial charge in [-0.2, -0.15) is 0 Å². The predicted octanol–water partition coefficient (Wildman–Crippen LogP) is 3.95. The smallest absolute Gasteiger partial charge is 0.265 e. The second kappa shape index (κ2) is 6.02. The molecule has 0 radical (unpaired) electrons. The maximum atomic E-state index is 13.0. The number of nitrogens with zero attached hydrogens (tertiary/aromatic N) is 1. The zero-order chi connectivity index (χ0) is 13.8. The summed E-state index contributed by atoms with van der Waals surface area (Å²) in [6, 6.07) is 8.71. The van der Waals surface area contributed by atoms with Crippen molar-refractivity contribution in [3.8, 4) is 0 Å². The molecule has 1 aromatic carbocycles. The van der Waals surface area contributed by atoms with Crippen LogP contribution in [0.15, 0.2) is 35.7 Å². The fraction of sp³-hybridized carbons (Fsp3) is 0.286. The van der Waals surface area contributed by atoms with Crippen molar-refractivity contribution in [2.45, 2.75) is 12.8 Å². The third kappa shape index (κ3) is 3.44. The number of halogens is 2. The minimum absolute atomic E-state index is 0.00585. The first-order chi connectivity index (χ1) is 9.08. The molecule has 2 N–H and O–H groups in total. The average Bonchev–Trinajstić information content (AvgIpc) is 2.88. The molecule has 0 unspecified atom stereocenters. The quantitative estimate of drug-likeness (QED) is 0.841. The molecule has 0 saturated carbocycles. The van der Waals surface area contributed by atoms with Gasteiger partial charge in [-0.25, -0.2) is 8.78 Å². The Bertz CT molecular complexity index is 526.